The molecule has 0 fully saturated rings. The summed E-state index contributed by atoms with van der Waals surface area (Å²) in [5, 5.41) is 9.07. The maximum atomic E-state index is 11.9. The summed E-state index contributed by atoms with van der Waals surface area (Å²) in [6.07, 6.45) is 0.681. The van der Waals surface area contributed by atoms with Crippen molar-refractivity contribution in [1.82, 2.24) is 0 Å². The van der Waals surface area contributed by atoms with Crippen molar-refractivity contribution in [2.75, 3.05) is 12.4 Å². The molecule has 1 atom stereocenters. The van der Waals surface area contributed by atoms with Crippen molar-refractivity contribution in [3.8, 4) is 0 Å². The zero-order valence-corrected chi connectivity index (χ0v) is 10.6. The Morgan fingerprint density at radius 1 is 1.31 bits per heavy atom. The van der Waals surface area contributed by atoms with Crippen LogP contribution in [0.3, 0.4) is 0 Å². The van der Waals surface area contributed by atoms with Gasteiger partial charge in [0.25, 0.3) is 0 Å². The van der Waals surface area contributed by atoms with Crippen molar-refractivity contribution >= 4 is 17.5 Å². The molecule has 2 nitrogen and oxygen atoms in total. The summed E-state index contributed by atoms with van der Waals surface area (Å²) >= 11 is 1.75. The van der Waals surface area contributed by atoms with E-state index in [4.69, 9.17) is 5.11 Å². The SMILES string of the molecule is CCSc1ccc(C(=O)C(CC)CO)cc1. The Morgan fingerprint density at radius 2 is 1.94 bits per heavy atom. The van der Waals surface area contributed by atoms with Gasteiger partial charge < -0.3 is 5.11 Å². The van der Waals surface area contributed by atoms with Crippen molar-refractivity contribution in [2.24, 2.45) is 5.92 Å². The lowest BCUT2D eigenvalue weighted by Crippen LogP contribution is -2.17. The summed E-state index contributed by atoms with van der Waals surface area (Å²) in [4.78, 5) is 13.1. The van der Waals surface area contributed by atoms with Gasteiger partial charge in [-0.05, 0) is 24.3 Å². The highest BCUT2D eigenvalue weighted by molar-refractivity contribution is 7.99. The van der Waals surface area contributed by atoms with Gasteiger partial charge in [0.05, 0.1) is 6.61 Å². The molecule has 1 aromatic rings. The fraction of sp³-hybridized carbons (Fsp3) is 0.462. The summed E-state index contributed by atoms with van der Waals surface area (Å²) < 4.78 is 0. The fourth-order valence-electron chi connectivity index (χ4n) is 1.52. The van der Waals surface area contributed by atoms with Gasteiger partial charge in [-0.2, -0.15) is 0 Å². The Hall–Kier alpha value is -0.800. The lowest BCUT2D eigenvalue weighted by Gasteiger charge is -2.10. The third kappa shape index (κ3) is 3.35. The van der Waals surface area contributed by atoms with Crippen LogP contribution in [0.15, 0.2) is 29.2 Å². The van der Waals surface area contributed by atoms with Gasteiger partial charge >= 0.3 is 0 Å². The van der Waals surface area contributed by atoms with Crippen LogP contribution in [0.4, 0.5) is 0 Å². The third-order valence-electron chi connectivity index (χ3n) is 2.53. The van der Waals surface area contributed by atoms with Crippen LogP contribution in [0.2, 0.25) is 0 Å². The van der Waals surface area contributed by atoms with Crippen LogP contribution in [0.25, 0.3) is 0 Å². The second-order valence-corrected chi connectivity index (χ2v) is 4.95. The number of hydrogen-bond acceptors (Lipinski definition) is 3. The molecule has 88 valence electrons. The van der Waals surface area contributed by atoms with Crippen molar-refractivity contribution in [1.29, 1.82) is 0 Å². The zero-order chi connectivity index (χ0) is 12.0. The molecule has 0 bridgehead atoms. The van der Waals surface area contributed by atoms with Gasteiger partial charge in [-0.25, -0.2) is 0 Å². The fourth-order valence-corrected chi connectivity index (χ4v) is 2.18. The Bertz CT molecular complexity index is 328. The largest absolute Gasteiger partial charge is 0.396 e. The number of hydrogen-bond donors (Lipinski definition) is 1. The van der Waals surface area contributed by atoms with Crippen molar-refractivity contribution in [3.63, 3.8) is 0 Å². The standard InChI is InChI=1S/C13H18O2S/c1-3-10(9-14)13(15)11-5-7-12(8-6-11)16-4-2/h5-8,10,14H,3-4,9H2,1-2H3. The van der Waals surface area contributed by atoms with E-state index in [1.165, 1.54) is 4.90 Å². The number of carbonyl (C=O) groups is 1. The molecule has 1 N–H and O–H groups in total. The minimum Gasteiger partial charge on any atom is -0.396 e. The first kappa shape index (κ1) is 13.3. The normalized spacial score (nSPS) is 12.4. The molecule has 1 aromatic carbocycles. The monoisotopic (exact) mass is 238 g/mol. The molecule has 0 saturated heterocycles. The second kappa shape index (κ2) is 6.71. The summed E-state index contributed by atoms with van der Waals surface area (Å²) in [5.41, 5.74) is 0.696. The lowest BCUT2D eigenvalue weighted by molar-refractivity contribution is 0.0856. The molecule has 0 aliphatic rings. The smallest absolute Gasteiger partial charge is 0.168 e. The highest BCUT2D eigenvalue weighted by Crippen LogP contribution is 2.19. The molecule has 3 heteroatoms. The summed E-state index contributed by atoms with van der Waals surface area (Å²) in [5.74, 6) is 0.810. The quantitative estimate of drug-likeness (QED) is 0.611. The van der Waals surface area contributed by atoms with Crippen LogP contribution in [0.5, 0.6) is 0 Å². The van der Waals surface area contributed by atoms with Crippen LogP contribution in [-0.4, -0.2) is 23.2 Å². The zero-order valence-electron chi connectivity index (χ0n) is 9.77. The number of benzene rings is 1. The number of ketones is 1. The van der Waals surface area contributed by atoms with E-state index in [2.05, 4.69) is 6.92 Å². The van der Waals surface area contributed by atoms with Gasteiger partial charge in [0, 0.05) is 16.4 Å². The molecule has 0 saturated carbocycles. The molecule has 0 amide bonds. The van der Waals surface area contributed by atoms with Gasteiger partial charge in [-0.15, -0.1) is 11.8 Å². The van der Waals surface area contributed by atoms with Crippen LogP contribution in [0.1, 0.15) is 30.6 Å². The van der Waals surface area contributed by atoms with E-state index in [1.807, 2.05) is 31.2 Å². The number of Topliss-reactive ketones (excluding diaryl/α,β-unsaturated/α-hetero) is 1. The summed E-state index contributed by atoms with van der Waals surface area (Å²) in [6, 6.07) is 7.62. The first-order valence-electron chi connectivity index (χ1n) is 5.60. The Morgan fingerprint density at radius 3 is 2.38 bits per heavy atom. The van der Waals surface area contributed by atoms with Crippen molar-refractivity contribution in [2.45, 2.75) is 25.2 Å². The van der Waals surface area contributed by atoms with E-state index < -0.39 is 0 Å². The molecule has 0 radical (unpaired) electrons. The lowest BCUT2D eigenvalue weighted by atomic mass is 9.96. The minimum absolute atomic E-state index is 0.0399. The van der Waals surface area contributed by atoms with E-state index in [1.54, 1.807) is 11.8 Å². The number of aliphatic hydroxyl groups excluding tert-OH is 1. The molecule has 16 heavy (non-hydrogen) atoms. The maximum absolute atomic E-state index is 11.9. The van der Waals surface area contributed by atoms with Crippen LogP contribution in [-0.2, 0) is 0 Å². The van der Waals surface area contributed by atoms with Gasteiger partial charge in [-0.1, -0.05) is 26.0 Å². The molecule has 0 heterocycles. The van der Waals surface area contributed by atoms with E-state index in [-0.39, 0.29) is 18.3 Å². The minimum atomic E-state index is -0.260. The number of carbonyl (C=O) groups excluding carboxylic acids is 1. The number of rotatable bonds is 6. The van der Waals surface area contributed by atoms with Gasteiger partial charge in [0.15, 0.2) is 5.78 Å². The highest BCUT2D eigenvalue weighted by Gasteiger charge is 2.16. The van der Waals surface area contributed by atoms with Gasteiger partial charge in [-0.3, -0.25) is 4.79 Å². The molecule has 1 unspecified atom stereocenters. The first-order chi connectivity index (χ1) is 7.72. The van der Waals surface area contributed by atoms with E-state index in [9.17, 15) is 4.79 Å². The predicted octanol–water partition coefficient (Wildman–Crippen LogP) is 3.00. The predicted molar refractivity (Wildman–Crippen MR) is 68.0 cm³/mol. The van der Waals surface area contributed by atoms with Crippen molar-refractivity contribution in [3.05, 3.63) is 29.8 Å². The summed E-state index contributed by atoms with van der Waals surface area (Å²) in [6.45, 7) is 3.95. The molecule has 0 spiro atoms. The van der Waals surface area contributed by atoms with Crippen LogP contribution in [0, 0.1) is 5.92 Å². The maximum Gasteiger partial charge on any atom is 0.168 e. The van der Waals surface area contributed by atoms with Crippen LogP contribution >= 0.6 is 11.8 Å². The molecule has 0 aliphatic heterocycles. The summed E-state index contributed by atoms with van der Waals surface area (Å²) in [7, 11) is 0. The Kier molecular flexibility index (Phi) is 5.56. The second-order valence-electron chi connectivity index (χ2n) is 3.61. The Balaban J connectivity index is 2.76. The molecular weight excluding hydrogens is 220 g/mol. The topological polar surface area (TPSA) is 37.3 Å². The molecular formula is C13H18O2S. The van der Waals surface area contributed by atoms with E-state index in [0.717, 1.165) is 5.75 Å². The number of thioether (sulfide) groups is 1. The highest BCUT2D eigenvalue weighted by atomic mass is 32.2. The molecule has 0 aliphatic carbocycles. The Labute approximate surface area is 101 Å². The van der Waals surface area contributed by atoms with Gasteiger partial charge in [0.1, 0.15) is 0 Å². The van der Waals surface area contributed by atoms with Gasteiger partial charge in [0.2, 0.25) is 0 Å². The average molecular weight is 238 g/mol. The first-order valence-corrected chi connectivity index (χ1v) is 6.59. The third-order valence-corrected chi connectivity index (χ3v) is 3.43. The average Bonchev–Trinajstić information content (AvgIpc) is 2.32. The molecule has 0 aromatic heterocycles. The number of aliphatic hydroxyl groups is 1. The van der Waals surface area contributed by atoms with Crippen LogP contribution < -0.4 is 0 Å². The van der Waals surface area contributed by atoms with Crippen molar-refractivity contribution < 1.29 is 9.90 Å². The van der Waals surface area contributed by atoms with E-state index >= 15 is 0 Å². The van der Waals surface area contributed by atoms with E-state index in [0.29, 0.717) is 12.0 Å². The molecule has 1 rings (SSSR count).